The van der Waals surface area contributed by atoms with Gasteiger partial charge in [-0.3, -0.25) is 9.10 Å². The maximum Gasteiger partial charge on any atom is 0.264 e. The molecule has 0 radical (unpaired) electrons. The number of amides is 1. The quantitative estimate of drug-likeness (QED) is 0.509. The summed E-state index contributed by atoms with van der Waals surface area (Å²) in [5, 5.41) is 3.17. The number of rotatable bonds is 7. The van der Waals surface area contributed by atoms with E-state index in [4.69, 9.17) is 27.9 Å². The van der Waals surface area contributed by atoms with Gasteiger partial charge in [0.15, 0.2) is 0 Å². The molecular formula is C22H20Cl2N2O4S. The van der Waals surface area contributed by atoms with Crippen LogP contribution in [-0.2, 0) is 14.8 Å². The summed E-state index contributed by atoms with van der Waals surface area (Å²) >= 11 is 12.3. The minimum absolute atomic E-state index is 0.0296. The molecule has 0 aliphatic carbocycles. The van der Waals surface area contributed by atoms with E-state index in [1.165, 1.54) is 37.4 Å². The van der Waals surface area contributed by atoms with Crippen molar-refractivity contribution in [2.75, 3.05) is 23.3 Å². The van der Waals surface area contributed by atoms with Crippen molar-refractivity contribution in [1.29, 1.82) is 0 Å². The Labute approximate surface area is 191 Å². The number of hydrogen-bond acceptors (Lipinski definition) is 4. The Morgan fingerprint density at radius 3 is 2.39 bits per heavy atom. The van der Waals surface area contributed by atoms with Crippen LogP contribution < -0.4 is 14.4 Å². The van der Waals surface area contributed by atoms with Gasteiger partial charge >= 0.3 is 0 Å². The molecule has 0 spiro atoms. The van der Waals surface area contributed by atoms with E-state index >= 15 is 0 Å². The van der Waals surface area contributed by atoms with Gasteiger partial charge in [0.05, 0.1) is 28.4 Å². The number of benzene rings is 3. The monoisotopic (exact) mass is 478 g/mol. The molecule has 0 aliphatic heterocycles. The Morgan fingerprint density at radius 2 is 1.74 bits per heavy atom. The average Bonchev–Trinajstić information content (AvgIpc) is 2.73. The van der Waals surface area contributed by atoms with E-state index in [2.05, 4.69) is 5.32 Å². The fraction of sp³-hybridized carbons (Fsp3) is 0.136. The highest BCUT2D eigenvalue weighted by molar-refractivity contribution is 7.92. The number of aryl methyl sites for hydroxylation is 1. The fourth-order valence-corrected chi connectivity index (χ4v) is 4.96. The maximum absolute atomic E-state index is 13.4. The predicted molar refractivity (Wildman–Crippen MR) is 124 cm³/mol. The molecule has 0 bridgehead atoms. The molecule has 162 valence electrons. The van der Waals surface area contributed by atoms with Gasteiger partial charge in [0.1, 0.15) is 12.3 Å². The van der Waals surface area contributed by atoms with Crippen molar-refractivity contribution in [2.45, 2.75) is 11.8 Å². The topological polar surface area (TPSA) is 75.7 Å². The van der Waals surface area contributed by atoms with Crippen LogP contribution in [0.4, 0.5) is 11.4 Å². The molecule has 0 aliphatic rings. The van der Waals surface area contributed by atoms with E-state index in [1.54, 1.807) is 30.3 Å². The number of hydrogen-bond donors (Lipinski definition) is 1. The molecule has 0 heterocycles. The SMILES string of the molecule is COc1ccc(C)cc1NC(=O)CN(c1ccc(Cl)cc1Cl)S(=O)(=O)c1ccccc1. The van der Waals surface area contributed by atoms with Gasteiger partial charge in [0, 0.05) is 5.02 Å². The van der Waals surface area contributed by atoms with Crippen LogP contribution in [-0.4, -0.2) is 28.0 Å². The molecule has 0 saturated heterocycles. The minimum atomic E-state index is -4.09. The highest BCUT2D eigenvalue weighted by atomic mass is 35.5. The minimum Gasteiger partial charge on any atom is -0.495 e. The number of carbonyl (C=O) groups excluding carboxylic acids is 1. The van der Waals surface area contributed by atoms with Crippen molar-refractivity contribution >= 4 is 50.5 Å². The zero-order valence-electron chi connectivity index (χ0n) is 16.8. The lowest BCUT2D eigenvalue weighted by molar-refractivity contribution is -0.114. The van der Waals surface area contributed by atoms with Crippen molar-refractivity contribution in [3.8, 4) is 5.75 Å². The van der Waals surface area contributed by atoms with Gasteiger partial charge < -0.3 is 10.1 Å². The molecule has 31 heavy (non-hydrogen) atoms. The van der Waals surface area contributed by atoms with Crippen LogP contribution in [0.3, 0.4) is 0 Å². The highest BCUT2D eigenvalue weighted by Crippen LogP contribution is 2.33. The van der Waals surface area contributed by atoms with Crippen LogP contribution in [0.2, 0.25) is 10.0 Å². The molecule has 0 fully saturated rings. The third-order valence-corrected chi connectivity index (χ3v) is 6.74. The highest BCUT2D eigenvalue weighted by Gasteiger charge is 2.29. The normalized spacial score (nSPS) is 11.1. The van der Waals surface area contributed by atoms with E-state index in [0.29, 0.717) is 16.5 Å². The standard InChI is InChI=1S/C22H20Cl2N2O4S/c1-15-8-11-21(30-2)19(12-15)25-22(27)14-26(20-10-9-16(23)13-18(20)24)31(28,29)17-6-4-3-5-7-17/h3-13H,14H2,1-2H3,(H,25,27). The molecule has 0 aromatic heterocycles. The number of methoxy groups -OCH3 is 1. The van der Waals surface area contributed by atoms with Crippen LogP contribution in [0, 0.1) is 6.92 Å². The number of sulfonamides is 1. The summed E-state index contributed by atoms with van der Waals surface area (Å²) in [7, 11) is -2.60. The molecule has 0 unspecified atom stereocenters. The first-order chi connectivity index (χ1) is 14.7. The van der Waals surface area contributed by atoms with E-state index < -0.39 is 22.5 Å². The number of ether oxygens (including phenoxy) is 1. The Hall–Kier alpha value is -2.74. The Balaban J connectivity index is 1.99. The lowest BCUT2D eigenvalue weighted by Gasteiger charge is -2.25. The van der Waals surface area contributed by atoms with Gasteiger partial charge in [-0.15, -0.1) is 0 Å². The van der Waals surface area contributed by atoms with Crippen LogP contribution in [0.1, 0.15) is 5.56 Å². The van der Waals surface area contributed by atoms with Crippen LogP contribution in [0.25, 0.3) is 0 Å². The lowest BCUT2D eigenvalue weighted by Crippen LogP contribution is -2.38. The first kappa shape index (κ1) is 22.9. The van der Waals surface area contributed by atoms with E-state index in [0.717, 1.165) is 9.87 Å². The van der Waals surface area contributed by atoms with Crippen LogP contribution >= 0.6 is 23.2 Å². The number of anilines is 2. The van der Waals surface area contributed by atoms with Crippen molar-refractivity contribution in [3.63, 3.8) is 0 Å². The van der Waals surface area contributed by atoms with Crippen molar-refractivity contribution in [2.24, 2.45) is 0 Å². The van der Waals surface area contributed by atoms with Crippen LogP contribution in [0.5, 0.6) is 5.75 Å². The van der Waals surface area contributed by atoms with E-state index in [9.17, 15) is 13.2 Å². The molecule has 1 N–H and O–H groups in total. The third kappa shape index (κ3) is 5.31. The zero-order valence-corrected chi connectivity index (χ0v) is 19.1. The second-order valence-corrected chi connectivity index (χ2v) is 9.38. The van der Waals surface area contributed by atoms with Gasteiger partial charge in [-0.25, -0.2) is 8.42 Å². The molecule has 0 atom stereocenters. The average molecular weight is 479 g/mol. The summed E-state index contributed by atoms with van der Waals surface area (Å²) in [6.07, 6.45) is 0. The largest absolute Gasteiger partial charge is 0.495 e. The zero-order chi connectivity index (χ0) is 22.6. The van der Waals surface area contributed by atoms with E-state index in [-0.39, 0.29) is 15.6 Å². The van der Waals surface area contributed by atoms with Crippen molar-refractivity contribution in [3.05, 3.63) is 82.3 Å². The van der Waals surface area contributed by atoms with Gasteiger partial charge in [0.25, 0.3) is 10.0 Å². The summed E-state index contributed by atoms with van der Waals surface area (Å²) in [4.78, 5) is 12.9. The lowest BCUT2D eigenvalue weighted by atomic mass is 10.2. The smallest absolute Gasteiger partial charge is 0.264 e. The van der Waals surface area contributed by atoms with Crippen molar-refractivity contribution < 1.29 is 17.9 Å². The summed E-state index contributed by atoms with van der Waals surface area (Å²) < 4.78 is 33.0. The molecule has 3 aromatic carbocycles. The second-order valence-electron chi connectivity index (χ2n) is 6.67. The number of carbonyl (C=O) groups is 1. The fourth-order valence-electron chi connectivity index (χ4n) is 2.94. The van der Waals surface area contributed by atoms with Gasteiger partial charge in [0.2, 0.25) is 5.91 Å². The summed E-state index contributed by atoms with van der Waals surface area (Å²) in [6, 6.07) is 17.5. The molecular weight excluding hydrogens is 459 g/mol. The Morgan fingerprint density at radius 1 is 1.03 bits per heavy atom. The summed E-state index contributed by atoms with van der Waals surface area (Å²) in [5.41, 5.74) is 1.48. The maximum atomic E-state index is 13.4. The molecule has 1 amide bonds. The third-order valence-electron chi connectivity index (χ3n) is 4.43. The van der Waals surface area contributed by atoms with Crippen LogP contribution in [0.15, 0.2) is 71.6 Å². The van der Waals surface area contributed by atoms with Gasteiger partial charge in [-0.05, 0) is 55.0 Å². The molecule has 9 heteroatoms. The second kappa shape index (κ2) is 9.60. The summed E-state index contributed by atoms with van der Waals surface area (Å²) in [5.74, 6) is -0.102. The van der Waals surface area contributed by atoms with Gasteiger partial charge in [-0.1, -0.05) is 47.5 Å². The summed E-state index contributed by atoms with van der Waals surface area (Å²) in [6.45, 7) is 1.37. The molecule has 3 aromatic rings. The molecule has 6 nitrogen and oxygen atoms in total. The predicted octanol–water partition coefficient (Wildman–Crippen LogP) is 5.14. The number of halogens is 2. The Bertz CT molecular complexity index is 1200. The number of nitrogens with zero attached hydrogens (tertiary/aromatic N) is 1. The first-order valence-corrected chi connectivity index (χ1v) is 11.4. The van der Waals surface area contributed by atoms with E-state index in [1.807, 2.05) is 13.0 Å². The first-order valence-electron chi connectivity index (χ1n) is 9.19. The number of nitrogens with one attached hydrogen (secondary N) is 1. The molecule has 3 rings (SSSR count). The molecule has 0 saturated carbocycles. The van der Waals surface area contributed by atoms with Crippen molar-refractivity contribution in [1.82, 2.24) is 0 Å². The van der Waals surface area contributed by atoms with Gasteiger partial charge in [-0.2, -0.15) is 0 Å². The Kier molecular flexibility index (Phi) is 7.10.